The molecule has 0 spiro atoms. The standard InChI is InChI=1S/C4H9NO/c5-3-4-1-2-6-4/h4H,1-3,5H2/t4-/m1/s1. The molecule has 36 valence electrons. The van der Waals surface area contributed by atoms with Gasteiger partial charge in [-0.2, -0.15) is 0 Å². The van der Waals surface area contributed by atoms with Crippen LogP contribution in [0.1, 0.15) is 6.42 Å². The summed E-state index contributed by atoms with van der Waals surface area (Å²) < 4.78 is 4.95. The van der Waals surface area contributed by atoms with Crippen molar-refractivity contribution in [2.75, 3.05) is 13.2 Å². The van der Waals surface area contributed by atoms with Gasteiger partial charge in [-0.1, -0.05) is 0 Å². The van der Waals surface area contributed by atoms with Crippen LogP contribution < -0.4 is 5.73 Å². The van der Waals surface area contributed by atoms with Crippen LogP contribution in [0, 0.1) is 0 Å². The number of ether oxygens (including phenoxy) is 1. The molecule has 1 fully saturated rings. The monoisotopic (exact) mass is 87.1 g/mol. The maximum absolute atomic E-state index is 5.21. The quantitative estimate of drug-likeness (QED) is 0.478. The summed E-state index contributed by atoms with van der Waals surface area (Å²) >= 11 is 0. The van der Waals surface area contributed by atoms with E-state index < -0.39 is 0 Å². The van der Waals surface area contributed by atoms with E-state index in [9.17, 15) is 0 Å². The molecule has 0 amide bonds. The van der Waals surface area contributed by atoms with Crippen LogP contribution in [-0.4, -0.2) is 19.3 Å². The van der Waals surface area contributed by atoms with E-state index in [1.54, 1.807) is 0 Å². The summed E-state index contributed by atoms with van der Waals surface area (Å²) in [6, 6.07) is 0. The lowest BCUT2D eigenvalue weighted by Gasteiger charge is -2.24. The minimum atomic E-state index is 0.394. The molecule has 1 rings (SSSR count). The summed E-state index contributed by atoms with van der Waals surface area (Å²) in [6.07, 6.45) is 1.56. The molecule has 1 atom stereocenters. The van der Waals surface area contributed by atoms with Crippen LogP contribution >= 0.6 is 0 Å². The third-order valence-electron chi connectivity index (χ3n) is 1.06. The predicted octanol–water partition coefficient (Wildman–Crippen LogP) is -0.266. The van der Waals surface area contributed by atoms with E-state index in [1.165, 1.54) is 0 Å². The molecule has 1 saturated heterocycles. The van der Waals surface area contributed by atoms with Gasteiger partial charge in [0.05, 0.1) is 6.10 Å². The van der Waals surface area contributed by atoms with Crippen molar-refractivity contribution in [3.63, 3.8) is 0 Å². The molecule has 0 aromatic carbocycles. The van der Waals surface area contributed by atoms with Crippen molar-refractivity contribution in [3.8, 4) is 0 Å². The first-order valence-electron chi connectivity index (χ1n) is 2.25. The molecular weight excluding hydrogens is 78.0 g/mol. The summed E-state index contributed by atoms with van der Waals surface area (Å²) in [5.74, 6) is 0. The van der Waals surface area contributed by atoms with Gasteiger partial charge >= 0.3 is 0 Å². The second kappa shape index (κ2) is 1.58. The zero-order valence-corrected chi connectivity index (χ0v) is 3.68. The number of hydrogen-bond donors (Lipinski definition) is 1. The smallest absolute Gasteiger partial charge is 0.0719 e. The molecule has 2 N–H and O–H groups in total. The van der Waals surface area contributed by atoms with Crippen molar-refractivity contribution in [1.82, 2.24) is 0 Å². The summed E-state index contributed by atoms with van der Waals surface area (Å²) in [7, 11) is 0. The van der Waals surface area contributed by atoms with E-state index >= 15 is 0 Å². The molecular formula is C4H9NO. The van der Waals surface area contributed by atoms with Gasteiger partial charge in [-0.15, -0.1) is 0 Å². The average molecular weight is 87.1 g/mol. The van der Waals surface area contributed by atoms with Gasteiger partial charge in [0.25, 0.3) is 0 Å². The first-order valence-corrected chi connectivity index (χ1v) is 2.25. The van der Waals surface area contributed by atoms with Gasteiger partial charge in [0.15, 0.2) is 0 Å². The lowest BCUT2D eigenvalue weighted by Crippen LogP contribution is -2.33. The van der Waals surface area contributed by atoms with E-state index in [2.05, 4.69) is 0 Å². The zero-order chi connectivity index (χ0) is 4.41. The summed E-state index contributed by atoms with van der Waals surface area (Å²) in [5, 5.41) is 0. The topological polar surface area (TPSA) is 35.2 Å². The van der Waals surface area contributed by atoms with E-state index in [0.29, 0.717) is 12.6 Å². The molecule has 0 aliphatic carbocycles. The number of hydrogen-bond acceptors (Lipinski definition) is 2. The Morgan fingerprint density at radius 1 is 1.83 bits per heavy atom. The SMILES string of the molecule is NC[C@H]1CCO1. The minimum Gasteiger partial charge on any atom is -0.377 e. The van der Waals surface area contributed by atoms with Crippen molar-refractivity contribution in [2.45, 2.75) is 12.5 Å². The highest BCUT2D eigenvalue weighted by atomic mass is 16.5. The first-order chi connectivity index (χ1) is 2.93. The molecule has 6 heavy (non-hydrogen) atoms. The van der Waals surface area contributed by atoms with Gasteiger partial charge < -0.3 is 10.5 Å². The Kier molecular flexibility index (Phi) is 1.08. The molecule has 0 radical (unpaired) electrons. The third kappa shape index (κ3) is 0.533. The Labute approximate surface area is 37.3 Å². The fraction of sp³-hybridized carbons (Fsp3) is 1.00. The molecule has 1 heterocycles. The van der Waals surface area contributed by atoms with E-state index in [1.807, 2.05) is 0 Å². The normalized spacial score (nSPS) is 32.5. The van der Waals surface area contributed by atoms with Gasteiger partial charge in [0.2, 0.25) is 0 Å². The zero-order valence-electron chi connectivity index (χ0n) is 3.68. The molecule has 0 unspecified atom stereocenters. The van der Waals surface area contributed by atoms with Crippen LogP contribution in [0.15, 0.2) is 0 Å². The number of nitrogens with two attached hydrogens (primary N) is 1. The summed E-state index contributed by atoms with van der Waals surface area (Å²) in [6.45, 7) is 1.61. The van der Waals surface area contributed by atoms with E-state index in [-0.39, 0.29) is 0 Å². The van der Waals surface area contributed by atoms with E-state index in [0.717, 1.165) is 13.0 Å². The Morgan fingerprint density at radius 2 is 2.50 bits per heavy atom. The Hall–Kier alpha value is -0.0800. The van der Waals surface area contributed by atoms with Crippen LogP contribution in [0.5, 0.6) is 0 Å². The van der Waals surface area contributed by atoms with Gasteiger partial charge in [0.1, 0.15) is 0 Å². The number of rotatable bonds is 1. The Bertz CT molecular complexity index is 40.1. The van der Waals surface area contributed by atoms with Crippen molar-refractivity contribution in [2.24, 2.45) is 5.73 Å². The molecule has 0 aromatic heterocycles. The Morgan fingerprint density at radius 3 is 2.50 bits per heavy atom. The summed E-state index contributed by atoms with van der Waals surface area (Å²) in [5.41, 5.74) is 5.21. The van der Waals surface area contributed by atoms with Gasteiger partial charge in [0, 0.05) is 13.2 Å². The maximum Gasteiger partial charge on any atom is 0.0719 e. The second-order valence-electron chi connectivity index (χ2n) is 1.52. The minimum absolute atomic E-state index is 0.394. The second-order valence-corrected chi connectivity index (χ2v) is 1.52. The van der Waals surface area contributed by atoms with Gasteiger partial charge in [-0.05, 0) is 6.42 Å². The third-order valence-corrected chi connectivity index (χ3v) is 1.06. The predicted molar refractivity (Wildman–Crippen MR) is 23.4 cm³/mol. The first kappa shape index (κ1) is 4.09. The van der Waals surface area contributed by atoms with Crippen LogP contribution in [0.25, 0.3) is 0 Å². The highest BCUT2D eigenvalue weighted by Gasteiger charge is 2.14. The lowest BCUT2D eigenvalue weighted by molar-refractivity contribution is -0.0435. The molecule has 1 aliphatic rings. The molecule has 1 aliphatic heterocycles. The van der Waals surface area contributed by atoms with E-state index in [4.69, 9.17) is 10.5 Å². The van der Waals surface area contributed by atoms with Crippen LogP contribution in [0.3, 0.4) is 0 Å². The maximum atomic E-state index is 5.21. The highest BCUT2D eigenvalue weighted by Crippen LogP contribution is 2.07. The molecule has 0 saturated carbocycles. The van der Waals surface area contributed by atoms with Crippen LogP contribution in [0.4, 0.5) is 0 Å². The fourth-order valence-corrected chi connectivity index (χ4v) is 0.470. The van der Waals surface area contributed by atoms with Crippen LogP contribution in [0.2, 0.25) is 0 Å². The lowest BCUT2D eigenvalue weighted by atomic mass is 10.2. The van der Waals surface area contributed by atoms with Gasteiger partial charge in [-0.3, -0.25) is 0 Å². The van der Waals surface area contributed by atoms with Crippen molar-refractivity contribution < 1.29 is 4.74 Å². The Balaban J connectivity index is 2.01. The summed E-state index contributed by atoms with van der Waals surface area (Å²) in [4.78, 5) is 0. The largest absolute Gasteiger partial charge is 0.377 e. The fourth-order valence-electron chi connectivity index (χ4n) is 0.470. The van der Waals surface area contributed by atoms with Crippen molar-refractivity contribution in [1.29, 1.82) is 0 Å². The van der Waals surface area contributed by atoms with Crippen molar-refractivity contribution >= 4 is 0 Å². The average Bonchev–Trinajstić information content (AvgIpc) is 1.31. The van der Waals surface area contributed by atoms with Crippen LogP contribution in [-0.2, 0) is 4.74 Å². The highest BCUT2D eigenvalue weighted by molar-refractivity contribution is 4.65. The van der Waals surface area contributed by atoms with Crippen molar-refractivity contribution in [3.05, 3.63) is 0 Å². The molecule has 0 aromatic rings. The molecule has 2 nitrogen and oxygen atoms in total. The van der Waals surface area contributed by atoms with Gasteiger partial charge in [-0.25, -0.2) is 0 Å². The molecule has 0 bridgehead atoms. The molecule has 2 heteroatoms.